The number of aromatic nitrogens is 2. The van der Waals surface area contributed by atoms with Crippen LogP contribution in [0.2, 0.25) is 0 Å². The summed E-state index contributed by atoms with van der Waals surface area (Å²) in [6, 6.07) is 11.4. The van der Waals surface area contributed by atoms with Crippen LogP contribution >= 0.6 is 0 Å². The number of nitrogens with zero attached hydrogens (tertiary/aromatic N) is 2. The predicted octanol–water partition coefficient (Wildman–Crippen LogP) is 3.16. The molecule has 3 rings (SSSR count). The molecule has 0 bridgehead atoms. The van der Waals surface area contributed by atoms with Gasteiger partial charge in [0.25, 0.3) is 0 Å². The number of anilines is 1. The first-order valence-electron chi connectivity index (χ1n) is 8.88. The Morgan fingerprint density at radius 2 is 1.81 bits per heavy atom. The summed E-state index contributed by atoms with van der Waals surface area (Å²) in [6.07, 6.45) is 3.10. The van der Waals surface area contributed by atoms with Crippen LogP contribution in [0.1, 0.15) is 39.5 Å². The van der Waals surface area contributed by atoms with E-state index in [-0.39, 0.29) is 0 Å². The van der Waals surface area contributed by atoms with E-state index in [0.717, 1.165) is 24.1 Å². The van der Waals surface area contributed by atoms with Crippen molar-refractivity contribution in [1.82, 2.24) is 9.78 Å². The number of carbonyl (C=O) groups is 1. The Bertz CT molecular complexity index is 895. The normalized spacial score (nSPS) is 16.0. The molecule has 1 N–H and O–H groups in total. The molecule has 0 atom stereocenters. The molecule has 1 aromatic carbocycles. The van der Waals surface area contributed by atoms with Crippen LogP contribution in [0.15, 0.2) is 36.4 Å². The molecule has 1 aromatic heterocycles. The van der Waals surface area contributed by atoms with E-state index in [1.807, 2.05) is 30.3 Å². The number of hydrogen-bond donors (Lipinski definition) is 1. The van der Waals surface area contributed by atoms with Gasteiger partial charge in [0.05, 0.1) is 10.9 Å². The Balaban J connectivity index is 1.82. The third-order valence-corrected chi connectivity index (χ3v) is 8.15. The molecular formula is C19H25N3O3S. The second-order valence-electron chi connectivity index (χ2n) is 7.32. The van der Waals surface area contributed by atoms with Crippen LogP contribution in [0.4, 0.5) is 5.82 Å². The standard InChI is InChI=1S/C19H25N3O3S/c1-19(2,26(24,25)15-11-7-8-12-15)18(23)20-17-13-16(21-22(17)3)14-9-5-4-6-10-14/h4-6,9-10,13,15H,7-8,11-12H2,1-3H3,(H,20,23). The molecule has 26 heavy (non-hydrogen) atoms. The van der Waals surface area contributed by atoms with Crippen molar-refractivity contribution in [2.45, 2.75) is 49.5 Å². The fourth-order valence-corrected chi connectivity index (χ4v) is 5.44. The summed E-state index contributed by atoms with van der Waals surface area (Å²) in [6.45, 7) is 2.98. The summed E-state index contributed by atoms with van der Waals surface area (Å²) in [5.41, 5.74) is 1.65. The molecule has 0 unspecified atom stereocenters. The van der Waals surface area contributed by atoms with Gasteiger partial charge >= 0.3 is 0 Å². The number of sulfone groups is 1. The van der Waals surface area contributed by atoms with Crippen LogP contribution in [-0.4, -0.2) is 34.1 Å². The van der Waals surface area contributed by atoms with Gasteiger partial charge in [-0.15, -0.1) is 0 Å². The summed E-state index contributed by atoms with van der Waals surface area (Å²) in [5, 5.41) is 6.74. The van der Waals surface area contributed by atoms with Crippen molar-refractivity contribution in [2.75, 3.05) is 5.32 Å². The summed E-state index contributed by atoms with van der Waals surface area (Å²) < 4.78 is 25.9. The number of rotatable bonds is 5. The van der Waals surface area contributed by atoms with E-state index in [4.69, 9.17) is 0 Å². The second-order valence-corrected chi connectivity index (χ2v) is 10.1. The summed E-state index contributed by atoms with van der Waals surface area (Å²) in [4.78, 5) is 12.8. The number of amides is 1. The van der Waals surface area contributed by atoms with Crippen LogP contribution in [-0.2, 0) is 21.7 Å². The Labute approximate surface area is 154 Å². The Morgan fingerprint density at radius 3 is 2.42 bits per heavy atom. The third-order valence-electron chi connectivity index (χ3n) is 5.19. The summed E-state index contributed by atoms with van der Waals surface area (Å²) in [7, 11) is -1.83. The maximum atomic E-state index is 12.9. The zero-order valence-electron chi connectivity index (χ0n) is 15.4. The molecule has 7 heteroatoms. The lowest BCUT2D eigenvalue weighted by atomic mass is 10.1. The molecule has 1 heterocycles. The highest BCUT2D eigenvalue weighted by molar-refractivity contribution is 7.94. The lowest BCUT2D eigenvalue weighted by molar-refractivity contribution is -0.117. The van der Waals surface area contributed by atoms with Crippen molar-refractivity contribution < 1.29 is 13.2 Å². The van der Waals surface area contributed by atoms with Gasteiger partial charge in [0.2, 0.25) is 5.91 Å². The first kappa shape index (κ1) is 18.6. The fourth-order valence-electron chi connectivity index (χ4n) is 3.35. The number of aryl methyl sites for hydroxylation is 1. The molecule has 0 radical (unpaired) electrons. The molecule has 1 saturated carbocycles. The van der Waals surface area contributed by atoms with Gasteiger partial charge in [-0.05, 0) is 26.7 Å². The zero-order chi connectivity index (χ0) is 18.9. The lowest BCUT2D eigenvalue weighted by Gasteiger charge is -2.27. The predicted molar refractivity (Wildman–Crippen MR) is 103 cm³/mol. The average Bonchev–Trinajstić information content (AvgIpc) is 3.26. The van der Waals surface area contributed by atoms with E-state index < -0.39 is 25.7 Å². The van der Waals surface area contributed by atoms with Crippen LogP contribution in [0.5, 0.6) is 0 Å². The molecule has 140 valence electrons. The van der Waals surface area contributed by atoms with Crippen LogP contribution in [0.3, 0.4) is 0 Å². The molecular weight excluding hydrogens is 350 g/mol. The monoisotopic (exact) mass is 375 g/mol. The highest BCUT2D eigenvalue weighted by atomic mass is 32.2. The highest BCUT2D eigenvalue weighted by Crippen LogP contribution is 2.33. The molecule has 2 aromatic rings. The lowest BCUT2D eigenvalue weighted by Crippen LogP contribution is -2.48. The third kappa shape index (κ3) is 3.28. The summed E-state index contributed by atoms with van der Waals surface area (Å²) >= 11 is 0. The molecule has 1 aliphatic carbocycles. The zero-order valence-corrected chi connectivity index (χ0v) is 16.2. The van der Waals surface area contributed by atoms with Crippen molar-refractivity contribution in [3.8, 4) is 11.3 Å². The smallest absolute Gasteiger partial charge is 0.246 e. The largest absolute Gasteiger partial charge is 0.310 e. The second kappa shape index (κ2) is 6.87. The van der Waals surface area contributed by atoms with Gasteiger partial charge in [-0.25, -0.2) is 8.42 Å². The minimum Gasteiger partial charge on any atom is -0.310 e. The summed E-state index contributed by atoms with van der Waals surface area (Å²) in [5.74, 6) is -0.0458. The number of carbonyl (C=O) groups excluding carboxylic acids is 1. The SMILES string of the molecule is Cn1nc(-c2ccccc2)cc1NC(=O)C(C)(C)S(=O)(=O)C1CCCC1. The Kier molecular flexibility index (Phi) is 4.92. The maximum Gasteiger partial charge on any atom is 0.246 e. The molecule has 1 aliphatic rings. The van der Waals surface area contributed by atoms with Crippen molar-refractivity contribution in [1.29, 1.82) is 0 Å². The van der Waals surface area contributed by atoms with Gasteiger partial charge in [-0.3, -0.25) is 9.48 Å². The van der Waals surface area contributed by atoms with E-state index in [1.54, 1.807) is 17.8 Å². The van der Waals surface area contributed by atoms with Gasteiger partial charge in [0.1, 0.15) is 10.6 Å². The number of benzene rings is 1. The molecule has 0 saturated heterocycles. The van der Waals surface area contributed by atoms with E-state index in [0.29, 0.717) is 18.7 Å². The van der Waals surface area contributed by atoms with Crippen LogP contribution in [0, 0.1) is 0 Å². The van der Waals surface area contributed by atoms with Gasteiger partial charge in [-0.1, -0.05) is 43.2 Å². The fraction of sp³-hybridized carbons (Fsp3) is 0.474. The minimum absolute atomic E-state index is 0.422. The molecule has 0 spiro atoms. The highest BCUT2D eigenvalue weighted by Gasteiger charge is 2.47. The van der Waals surface area contributed by atoms with E-state index in [9.17, 15) is 13.2 Å². The van der Waals surface area contributed by atoms with Crippen LogP contribution in [0.25, 0.3) is 11.3 Å². The van der Waals surface area contributed by atoms with Gasteiger partial charge < -0.3 is 5.32 Å². The molecule has 6 nitrogen and oxygen atoms in total. The first-order valence-corrected chi connectivity index (χ1v) is 10.4. The average molecular weight is 375 g/mol. The molecule has 1 amide bonds. The van der Waals surface area contributed by atoms with Crippen LogP contribution < -0.4 is 5.32 Å². The first-order chi connectivity index (χ1) is 12.2. The molecule has 0 aliphatic heterocycles. The Hall–Kier alpha value is -2.15. The maximum absolute atomic E-state index is 12.9. The molecule has 1 fully saturated rings. The van der Waals surface area contributed by atoms with Gasteiger partial charge in [-0.2, -0.15) is 5.10 Å². The van der Waals surface area contributed by atoms with E-state index in [1.165, 1.54) is 13.8 Å². The quantitative estimate of drug-likeness (QED) is 0.870. The van der Waals surface area contributed by atoms with Crippen molar-refractivity contribution in [2.24, 2.45) is 7.05 Å². The van der Waals surface area contributed by atoms with Crippen molar-refractivity contribution >= 4 is 21.6 Å². The number of nitrogens with one attached hydrogen (secondary N) is 1. The van der Waals surface area contributed by atoms with E-state index in [2.05, 4.69) is 10.4 Å². The number of hydrogen-bond acceptors (Lipinski definition) is 4. The van der Waals surface area contributed by atoms with Crippen molar-refractivity contribution in [3.63, 3.8) is 0 Å². The van der Waals surface area contributed by atoms with Gasteiger partial charge in [0, 0.05) is 18.7 Å². The Morgan fingerprint density at radius 1 is 1.19 bits per heavy atom. The van der Waals surface area contributed by atoms with E-state index >= 15 is 0 Å². The minimum atomic E-state index is -3.56. The topological polar surface area (TPSA) is 81.1 Å². The van der Waals surface area contributed by atoms with Crippen molar-refractivity contribution in [3.05, 3.63) is 36.4 Å². The van der Waals surface area contributed by atoms with Gasteiger partial charge in [0.15, 0.2) is 9.84 Å².